The molecular weight excluding hydrogens is 1040 g/mol. The van der Waals surface area contributed by atoms with Gasteiger partial charge in [-0.3, -0.25) is 4.79 Å². The average molecular weight is 1110 g/mol. The summed E-state index contributed by atoms with van der Waals surface area (Å²) in [6.07, 6.45) is 13.2. The Bertz CT molecular complexity index is 731. The zero-order chi connectivity index (χ0) is 28.9. The molecule has 0 spiro atoms. The van der Waals surface area contributed by atoms with Crippen LogP contribution in [-0.4, -0.2) is 39.7 Å². The zero-order valence-corrected chi connectivity index (χ0v) is 36.9. The van der Waals surface area contributed by atoms with Crippen LogP contribution in [0.1, 0.15) is 104 Å². The first-order valence-electron chi connectivity index (χ1n) is 16.3. The van der Waals surface area contributed by atoms with E-state index in [1.54, 1.807) is 6.92 Å². The van der Waals surface area contributed by atoms with Gasteiger partial charge in [0, 0.05) is 40.5 Å². The number of hydrogen-bond acceptors (Lipinski definition) is 3. The van der Waals surface area contributed by atoms with E-state index in [-0.39, 0.29) is 88.1 Å². The molecule has 0 heterocycles. The number of ketones is 1. The predicted octanol–water partition coefficient (Wildman–Crippen LogP) is 7.50. The molecule has 0 saturated heterocycles. The monoisotopic (exact) mass is 1110 g/mol. The van der Waals surface area contributed by atoms with Crippen LogP contribution in [0, 0.1) is 81.5 Å². The Hall–Kier alpha value is 1.23. The summed E-state index contributed by atoms with van der Waals surface area (Å²) < 4.78 is 0. The number of amides is 1. The number of nitrogens with one attached hydrogen (secondary N) is 2. The third-order valence-electron chi connectivity index (χ3n) is 10.7. The molecule has 2 fully saturated rings. The van der Waals surface area contributed by atoms with E-state index in [0.717, 1.165) is 76.3 Å². The average Bonchev–Trinajstić information content (AvgIpc) is 2.92. The van der Waals surface area contributed by atoms with E-state index in [2.05, 4.69) is 45.3 Å². The number of rotatable bonds is 21. The van der Waals surface area contributed by atoms with Crippen molar-refractivity contribution in [1.29, 1.82) is 0 Å². The van der Waals surface area contributed by atoms with Gasteiger partial charge < -0.3 is 43.6 Å². The van der Waals surface area contributed by atoms with Gasteiger partial charge in [0.15, 0.2) is 0 Å². The van der Waals surface area contributed by atoms with Gasteiger partial charge in [0.2, 0.25) is 5.91 Å². The van der Waals surface area contributed by atoms with Crippen LogP contribution in [0.5, 0.6) is 0 Å². The molecule has 10 atom stereocenters. The summed E-state index contributed by atoms with van der Waals surface area (Å²) >= 11 is 0. The van der Waals surface area contributed by atoms with E-state index in [1.807, 2.05) is 7.05 Å². The van der Waals surface area contributed by atoms with Crippen molar-refractivity contribution >= 4 is 19.5 Å². The standard InChI is InChI=1S/C34H60BN2O2.CH3.3W/c1-8-10-30-24(4)25(5)31(30)16-13-27(12-11-23(3)38)15-18-33(39)37-22-20-28(19-21-36-7)14-17-32-29(9-2)26(6)34(32)35;;;;/h24-32,34,36H,2,4,6,8-22H2,1,3,5,7H3,(H,37,39);1H3;;;/q-3;-1;;2*+2. The largest absolute Gasteiger partial charge is 2.00 e. The molecule has 2 rings (SSSR count). The van der Waals surface area contributed by atoms with Gasteiger partial charge in [0.25, 0.3) is 0 Å². The summed E-state index contributed by atoms with van der Waals surface area (Å²) in [5.41, 5.74) is 0. The van der Waals surface area contributed by atoms with Crippen molar-refractivity contribution in [3.63, 3.8) is 0 Å². The van der Waals surface area contributed by atoms with Crippen LogP contribution in [0.4, 0.5) is 0 Å². The quantitative estimate of drug-likeness (QED) is 0.0927. The van der Waals surface area contributed by atoms with Crippen LogP contribution < -0.4 is 10.6 Å². The Morgan fingerprint density at radius 1 is 0.814 bits per heavy atom. The number of carbonyl (C=O) groups is 2. The molecule has 2 aliphatic rings. The maximum absolute atomic E-state index is 12.8. The normalized spacial score (nSPS) is 28.7. The zero-order valence-electron chi connectivity index (χ0n) is 28.1. The molecule has 2 radical (unpaired) electrons. The maximum atomic E-state index is 12.8. The van der Waals surface area contributed by atoms with Crippen LogP contribution in [0.3, 0.4) is 0 Å². The maximum Gasteiger partial charge on any atom is 2.00 e. The van der Waals surface area contributed by atoms with Crippen LogP contribution in [0.2, 0.25) is 5.82 Å². The van der Waals surface area contributed by atoms with E-state index in [0.29, 0.717) is 54.3 Å². The van der Waals surface area contributed by atoms with Crippen molar-refractivity contribution in [3.05, 3.63) is 28.2 Å². The van der Waals surface area contributed by atoms with Gasteiger partial charge >= 0.3 is 42.1 Å². The van der Waals surface area contributed by atoms with Gasteiger partial charge in [0.1, 0.15) is 5.78 Å². The summed E-state index contributed by atoms with van der Waals surface area (Å²) in [6, 6.07) is 0. The first-order chi connectivity index (χ1) is 18.6. The molecule has 0 aromatic rings. The van der Waals surface area contributed by atoms with Gasteiger partial charge in [-0.15, -0.1) is 0 Å². The summed E-state index contributed by atoms with van der Waals surface area (Å²) in [4.78, 5) is 24.5. The SMILES string of the molecule is [B]C1C([CH2-])C(C[CH2-])C1CCC(CCNC)CCNC(=O)CCC(CCC(C)=O)CCC1C(C)C([CH2-])C1CCC.[CH3-].[W+2].[W+2].[W]. The summed E-state index contributed by atoms with van der Waals surface area (Å²) in [6.45, 7) is 20.8. The van der Waals surface area contributed by atoms with Crippen molar-refractivity contribution in [2.75, 3.05) is 20.1 Å². The predicted molar refractivity (Wildman–Crippen MR) is 172 cm³/mol. The van der Waals surface area contributed by atoms with Crippen LogP contribution >= 0.6 is 0 Å². The Kier molecular flexibility index (Phi) is 29.6. The fourth-order valence-electron chi connectivity index (χ4n) is 7.72. The van der Waals surface area contributed by atoms with Gasteiger partial charge in [-0.2, -0.15) is 18.3 Å². The number of hydrogen-bond donors (Lipinski definition) is 2. The molecule has 0 bridgehead atoms. The molecule has 2 aliphatic carbocycles. The molecule has 2 N–H and O–H groups in total. The van der Waals surface area contributed by atoms with Gasteiger partial charge in [-0.25, -0.2) is 0 Å². The molecule has 2 saturated carbocycles. The molecular formula is C35H63BN2O2W3. The molecule has 0 aliphatic heterocycles. The Morgan fingerprint density at radius 2 is 1.37 bits per heavy atom. The second-order valence-corrected chi connectivity index (χ2v) is 13.2. The third-order valence-corrected chi connectivity index (χ3v) is 10.7. The molecule has 4 nitrogen and oxygen atoms in total. The molecule has 10 unspecified atom stereocenters. The Labute approximate surface area is 312 Å². The van der Waals surface area contributed by atoms with Crippen LogP contribution in [0.15, 0.2) is 0 Å². The van der Waals surface area contributed by atoms with E-state index in [9.17, 15) is 9.59 Å². The Morgan fingerprint density at radius 3 is 1.93 bits per heavy atom. The topological polar surface area (TPSA) is 58.2 Å². The van der Waals surface area contributed by atoms with Gasteiger partial charge in [-0.05, 0) is 70.4 Å². The minimum absolute atomic E-state index is 0. The smallest absolute Gasteiger partial charge is 0.358 e. The fraction of sp³-hybridized carbons (Fsp3) is 0.829. The summed E-state index contributed by atoms with van der Waals surface area (Å²) in [5.74, 6) is 5.90. The van der Waals surface area contributed by atoms with E-state index >= 15 is 0 Å². The first-order valence-corrected chi connectivity index (χ1v) is 16.3. The summed E-state index contributed by atoms with van der Waals surface area (Å²) in [5, 5.41) is 6.49. The van der Waals surface area contributed by atoms with E-state index < -0.39 is 0 Å². The minimum atomic E-state index is 0. The second-order valence-electron chi connectivity index (χ2n) is 13.2. The fourth-order valence-corrected chi connectivity index (χ4v) is 7.72. The molecule has 246 valence electrons. The van der Waals surface area contributed by atoms with E-state index in [4.69, 9.17) is 7.85 Å². The second kappa shape index (κ2) is 26.2. The van der Waals surface area contributed by atoms with Crippen molar-refractivity contribution in [1.82, 2.24) is 10.6 Å². The van der Waals surface area contributed by atoms with E-state index in [1.165, 1.54) is 19.3 Å². The summed E-state index contributed by atoms with van der Waals surface area (Å²) in [7, 11) is 8.36. The third kappa shape index (κ3) is 15.8. The number of carbonyl (C=O) groups excluding carboxylic acids is 2. The van der Waals surface area contributed by atoms with Crippen molar-refractivity contribution < 1.29 is 72.8 Å². The van der Waals surface area contributed by atoms with Crippen LogP contribution in [-0.2, 0) is 72.8 Å². The van der Waals surface area contributed by atoms with Crippen molar-refractivity contribution in [2.45, 2.75) is 110 Å². The molecule has 0 aromatic carbocycles. The van der Waals surface area contributed by atoms with Gasteiger partial charge in [-0.1, -0.05) is 75.4 Å². The first kappa shape index (κ1) is 48.6. The molecule has 1 amide bonds. The van der Waals surface area contributed by atoms with Crippen molar-refractivity contribution in [3.8, 4) is 0 Å². The molecule has 43 heavy (non-hydrogen) atoms. The minimum Gasteiger partial charge on any atom is -0.358 e. The Balaban J connectivity index is -0.00000400. The van der Waals surface area contributed by atoms with Crippen LogP contribution in [0.25, 0.3) is 0 Å². The number of Topliss-reactive ketones (excluding diaryl/α,β-unsaturated/α-hetero) is 1. The van der Waals surface area contributed by atoms with Crippen molar-refractivity contribution in [2.24, 2.45) is 53.3 Å². The molecule has 8 heteroatoms. The molecule has 0 aromatic heterocycles. The van der Waals surface area contributed by atoms with Gasteiger partial charge in [0.05, 0.1) is 7.85 Å².